The molecule has 2 aromatic carbocycles. The van der Waals surface area contributed by atoms with Crippen molar-refractivity contribution < 1.29 is 18.0 Å². The number of hydrogen-bond acceptors (Lipinski definition) is 5. The van der Waals surface area contributed by atoms with Gasteiger partial charge in [-0.3, -0.25) is 9.79 Å². The lowest BCUT2D eigenvalue weighted by atomic mass is 9.97. The van der Waals surface area contributed by atoms with Crippen LogP contribution in [0.3, 0.4) is 0 Å². The highest BCUT2D eigenvalue weighted by Crippen LogP contribution is 2.31. The predicted octanol–water partition coefficient (Wildman–Crippen LogP) is 4.61. The zero-order valence-electron chi connectivity index (χ0n) is 17.6. The fourth-order valence-electron chi connectivity index (χ4n) is 3.86. The number of benzene rings is 2. The van der Waals surface area contributed by atoms with E-state index in [2.05, 4.69) is 25.7 Å². The number of alkyl halides is 3. The molecule has 0 bridgehead atoms. The molecular weight excluding hydrogens is 433 g/mol. The van der Waals surface area contributed by atoms with E-state index in [1.54, 1.807) is 17.8 Å². The fourth-order valence-corrected chi connectivity index (χ4v) is 3.86. The highest BCUT2D eigenvalue weighted by molar-refractivity contribution is 5.98. The molecule has 0 fully saturated rings. The van der Waals surface area contributed by atoms with E-state index in [1.165, 1.54) is 6.20 Å². The van der Waals surface area contributed by atoms with Crippen LogP contribution in [0.25, 0.3) is 17.0 Å². The third-order valence-electron chi connectivity index (χ3n) is 5.66. The summed E-state index contributed by atoms with van der Waals surface area (Å²) >= 11 is 0. The van der Waals surface area contributed by atoms with E-state index in [-0.39, 0.29) is 18.7 Å². The topological polar surface area (TPSA) is 84.2 Å². The van der Waals surface area contributed by atoms with Gasteiger partial charge in [0.25, 0.3) is 5.91 Å². The minimum atomic E-state index is -4.38. The van der Waals surface area contributed by atoms with Gasteiger partial charge >= 0.3 is 6.18 Å². The average molecular weight is 452 g/mol. The molecule has 0 atom stereocenters. The number of hydrogen-bond donors (Lipinski definition) is 2. The maximum atomic E-state index is 12.8. The largest absolute Gasteiger partial charge is 0.429 e. The van der Waals surface area contributed by atoms with Gasteiger partial charge in [-0.25, -0.2) is 4.68 Å². The number of carbonyl (C=O) groups is 1. The van der Waals surface area contributed by atoms with Crippen LogP contribution in [0, 0.1) is 0 Å². The van der Waals surface area contributed by atoms with Gasteiger partial charge in [0, 0.05) is 36.6 Å². The van der Waals surface area contributed by atoms with Gasteiger partial charge in [0.1, 0.15) is 5.71 Å². The molecule has 2 aliphatic heterocycles. The first-order valence-electron chi connectivity index (χ1n) is 10.3. The lowest BCUT2D eigenvalue weighted by Gasteiger charge is -2.16. The number of nitrogens with one attached hydrogen (secondary N) is 2. The first-order valence-corrected chi connectivity index (χ1v) is 10.3. The van der Waals surface area contributed by atoms with Crippen molar-refractivity contribution in [3.05, 3.63) is 65.4 Å². The SMILES string of the molecule is Cn1nc(-c2ccc(C3=CN=C(C(F)(F)F)CC3)cc2)nc1Nc1ccc2c(c1)CNC2=O. The summed E-state index contributed by atoms with van der Waals surface area (Å²) in [5.74, 6) is 0.979. The Morgan fingerprint density at radius 3 is 2.52 bits per heavy atom. The van der Waals surface area contributed by atoms with E-state index < -0.39 is 11.9 Å². The van der Waals surface area contributed by atoms with Crippen molar-refractivity contribution in [1.29, 1.82) is 0 Å². The molecule has 5 rings (SSSR count). The van der Waals surface area contributed by atoms with Crippen LogP contribution < -0.4 is 10.6 Å². The molecule has 0 aliphatic carbocycles. The van der Waals surface area contributed by atoms with Crippen molar-refractivity contribution in [3.63, 3.8) is 0 Å². The van der Waals surface area contributed by atoms with Gasteiger partial charge in [0.2, 0.25) is 5.95 Å². The standard InChI is InChI=1S/C23H19F3N6O/c1-32-22(29-17-7-8-18-16(10-17)12-28-21(18)33)30-20(31-32)14-4-2-13(3-5-14)15-6-9-19(27-11-15)23(24,25)26/h2-5,7-8,10-11H,6,9,12H2,1H3,(H,28,33)(H,29,30,31). The average Bonchev–Trinajstić information content (AvgIpc) is 3.35. The number of anilines is 2. The second kappa shape index (κ2) is 7.88. The van der Waals surface area contributed by atoms with E-state index in [1.807, 2.05) is 36.4 Å². The quantitative estimate of drug-likeness (QED) is 0.606. The van der Waals surface area contributed by atoms with E-state index in [0.29, 0.717) is 23.9 Å². The van der Waals surface area contributed by atoms with Crippen LogP contribution in [0.15, 0.2) is 53.7 Å². The minimum absolute atomic E-state index is 0.0717. The van der Waals surface area contributed by atoms with Gasteiger partial charge in [-0.2, -0.15) is 18.2 Å². The molecule has 2 aliphatic rings. The number of nitrogens with zero attached hydrogens (tertiary/aromatic N) is 4. The molecule has 168 valence electrons. The second-order valence-corrected chi connectivity index (χ2v) is 7.87. The monoisotopic (exact) mass is 452 g/mol. The van der Waals surface area contributed by atoms with E-state index in [4.69, 9.17) is 0 Å². The van der Waals surface area contributed by atoms with Crippen LogP contribution in [0.2, 0.25) is 0 Å². The Bertz CT molecular complexity index is 1300. The fraction of sp³-hybridized carbons (Fsp3) is 0.217. The molecule has 3 heterocycles. The molecule has 7 nitrogen and oxygen atoms in total. The predicted molar refractivity (Wildman–Crippen MR) is 118 cm³/mol. The molecule has 1 amide bonds. The summed E-state index contributed by atoms with van der Waals surface area (Å²) < 4.78 is 39.9. The normalized spacial score (nSPS) is 15.6. The number of aliphatic imine (C=N–C) groups is 1. The van der Waals surface area contributed by atoms with E-state index in [0.717, 1.165) is 28.0 Å². The maximum Gasteiger partial charge on any atom is 0.429 e. The number of rotatable bonds is 4. The highest BCUT2D eigenvalue weighted by Gasteiger charge is 2.36. The highest BCUT2D eigenvalue weighted by atomic mass is 19.4. The van der Waals surface area contributed by atoms with Crippen LogP contribution in [0.4, 0.5) is 24.8 Å². The van der Waals surface area contributed by atoms with Crippen molar-refractivity contribution >= 4 is 28.8 Å². The molecule has 0 spiro atoms. The molecule has 33 heavy (non-hydrogen) atoms. The minimum Gasteiger partial charge on any atom is -0.348 e. The first kappa shape index (κ1) is 20.9. The number of amides is 1. The number of aryl methyl sites for hydroxylation is 1. The summed E-state index contributed by atoms with van der Waals surface area (Å²) in [6, 6.07) is 12.8. The summed E-state index contributed by atoms with van der Waals surface area (Å²) in [6.45, 7) is 0.499. The van der Waals surface area contributed by atoms with Crippen molar-refractivity contribution in [1.82, 2.24) is 20.1 Å². The first-order chi connectivity index (χ1) is 15.8. The number of fused-ring (bicyclic) bond motifs is 1. The van der Waals surface area contributed by atoms with Crippen LogP contribution in [-0.4, -0.2) is 32.6 Å². The van der Waals surface area contributed by atoms with Gasteiger partial charge < -0.3 is 10.6 Å². The van der Waals surface area contributed by atoms with Gasteiger partial charge in [-0.05, 0) is 47.7 Å². The Balaban J connectivity index is 1.33. The number of halogens is 3. The molecule has 10 heteroatoms. The van der Waals surface area contributed by atoms with Crippen LogP contribution in [0.1, 0.15) is 34.3 Å². The summed E-state index contributed by atoms with van der Waals surface area (Å²) in [4.78, 5) is 19.9. The zero-order chi connectivity index (χ0) is 23.2. The Hall–Kier alpha value is -3.95. The van der Waals surface area contributed by atoms with Crippen molar-refractivity contribution in [2.75, 3.05) is 5.32 Å². The van der Waals surface area contributed by atoms with Gasteiger partial charge in [-0.1, -0.05) is 24.3 Å². The summed E-state index contributed by atoms with van der Waals surface area (Å²) in [5.41, 5.74) is 4.01. The number of carbonyl (C=O) groups excluding carboxylic acids is 1. The molecule has 0 unspecified atom stereocenters. The molecule has 3 aromatic rings. The second-order valence-electron chi connectivity index (χ2n) is 7.87. The van der Waals surface area contributed by atoms with Crippen LogP contribution >= 0.6 is 0 Å². The van der Waals surface area contributed by atoms with Gasteiger partial charge in [0.15, 0.2) is 5.82 Å². The van der Waals surface area contributed by atoms with Crippen molar-refractivity contribution in [3.8, 4) is 11.4 Å². The van der Waals surface area contributed by atoms with Crippen LogP contribution in [0.5, 0.6) is 0 Å². The Kier molecular flexibility index (Phi) is 4.99. The number of allylic oxidation sites excluding steroid dienone is 1. The van der Waals surface area contributed by atoms with E-state index in [9.17, 15) is 18.0 Å². The Labute approximate surface area is 187 Å². The third kappa shape index (κ3) is 4.11. The maximum absolute atomic E-state index is 12.8. The Morgan fingerprint density at radius 2 is 1.82 bits per heavy atom. The molecule has 0 saturated carbocycles. The molecular formula is C23H19F3N6O. The van der Waals surface area contributed by atoms with Crippen LogP contribution in [-0.2, 0) is 13.6 Å². The number of aromatic nitrogens is 3. The molecule has 0 radical (unpaired) electrons. The summed E-state index contributed by atoms with van der Waals surface area (Å²) in [7, 11) is 1.77. The molecule has 1 aromatic heterocycles. The summed E-state index contributed by atoms with van der Waals surface area (Å²) in [6.07, 6.45) is -2.92. The van der Waals surface area contributed by atoms with Crippen molar-refractivity contribution in [2.45, 2.75) is 25.6 Å². The smallest absolute Gasteiger partial charge is 0.348 e. The van der Waals surface area contributed by atoms with E-state index >= 15 is 0 Å². The molecule has 0 saturated heterocycles. The van der Waals surface area contributed by atoms with Gasteiger partial charge in [0.05, 0.1) is 0 Å². The third-order valence-corrected chi connectivity index (χ3v) is 5.66. The zero-order valence-corrected chi connectivity index (χ0v) is 17.6. The Morgan fingerprint density at radius 1 is 1.06 bits per heavy atom. The lowest BCUT2D eigenvalue weighted by molar-refractivity contribution is -0.0605. The lowest BCUT2D eigenvalue weighted by Crippen LogP contribution is -2.23. The summed E-state index contributed by atoms with van der Waals surface area (Å²) in [5, 5.41) is 10.5. The van der Waals surface area contributed by atoms with Gasteiger partial charge in [-0.15, -0.1) is 5.10 Å². The van der Waals surface area contributed by atoms with Crippen molar-refractivity contribution in [2.24, 2.45) is 12.0 Å². The molecule has 2 N–H and O–H groups in total.